The molecule has 2 aromatic carbocycles. The van der Waals surface area contributed by atoms with Gasteiger partial charge in [0, 0.05) is 11.6 Å². The van der Waals surface area contributed by atoms with Crippen LogP contribution in [0.25, 0.3) is 0 Å². The summed E-state index contributed by atoms with van der Waals surface area (Å²) in [6, 6.07) is 13.2. The molecule has 0 heterocycles. The van der Waals surface area contributed by atoms with Gasteiger partial charge in [0.2, 0.25) is 0 Å². The summed E-state index contributed by atoms with van der Waals surface area (Å²) in [5.41, 5.74) is 0.636. The molecule has 0 N–H and O–H groups in total. The summed E-state index contributed by atoms with van der Waals surface area (Å²) in [5.74, 6) is 0.211. The van der Waals surface area contributed by atoms with E-state index in [0.717, 1.165) is 0 Å². The summed E-state index contributed by atoms with van der Waals surface area (Å²) >= 11 is 0. The molecule has 2 rings (SSSR count). The molecule has 0 saturated heterocycles. The van der Waals surface area contributed by atoms with E-state index in [4.69, 9.17) is 8.92 Å². The van der Waals surface area contributed by atoms with Crippen molar-refractivity contribution < 1.29 is 22.1 Å². The lowest BCUT2D eigenvalue weighted by Crippen LogP contribution is -2.17. The van der Waals surface area contributed by atoms with Gasteiger partial charge in [0.15, 0.2) is 11.5 Å². The van der Waals surface area contributed by atoms with Crippen LogP contribution in [0.3, 0.4) is 0 Å². The first-order valence-electron chi connectivity index (χ1n) is 8.02. The summed E-state index contributed by atoms with van der Waals surface area (Å²) in [6.45, 7) is 3.87. The van der Waals surface area contributed by atoms with Crippen LogP contribution in [-0.2, 0) is 10.1 Å². The summed E-state index contributed by atoms with van der Waals surface area (Å²) in [6.07, 6.45) is 0.480. The fraction of sp³-hybridized carbons (Fsp3) is 0.316. The van der Waals surface area contributed by atoms with Gasteiger partial charge in [-0.2, -0.15) is 8.42 Å². The van der Waals surface area contributed by atoms with Crippen LogP contribution in [0.4, 0.5) is 0 Å². The van der Waals surface area contributed by atoms with Crippen LogP contribution in [-0.4, -0.2) is 27.1 Å². The van der Waals surface area contributed by atoms with Gasteiger partial charge in [-0.15, -0.1) is 0 Å². The predicted molar refractivity (Wildman–Crippen MR) is 96.7 cm³/mol. The van der Waals surface area contributed by atoms with Crippen molar-refractivity contribution >= 4 is 15.9 Å². The molecule has 0 atom stereocenters. The Morgan fingerprint density at radius 2 is 1.76 bits per heavy atom. The van der Waals surface area contributed by atoms with Gasteiger partial charge in [-0.3, -0.25) is 4.79 Å². The van der Waals surface area contributed by atoms with Gasteiger partial charge in [-0.1, -0.05) is 44.2 Å². The van der Waals surface area contributed by atoms with Gasteiger partial charge >= 0.3 is 10.1 Å². The molecule has 0 amide bonds. The minimum atomic E-state index is -3.80. The minimum Gasteiger partial charge on any atom is -0.497 e. The first-order valence-corrected chi connectivity index (χ1v) is 9.60. The van der Waals surface area contributed by atoms with E-state index in [0.29, 0.717) is 17.7 Å². The highest BCUT2D eigenvalue weighted by Crippen LogP contribution is 2.28. The lowest BCUT2D eigenvalue weighted by Gasteiger charge is -2.13. The number of rotatable bonds is 8. The first-order chi connectivity index (χ1) is 11.8. The van der Waals surface area contributed by atoms with Crippen LogP contribution >= 0.6 is 0 Å². The molecule has 0 aliphatic carbocycles. The smallest absolute Gasteiger partial charge is 0.309 e. The monoisotopic (exact) mass is 362 g/mol. The van der Waals surface area contributed by atoms with E-state index in [2.05, 4.69) is 0 Å². The number of hydrogen-bond acceptors (Lipinski definition) is 5. The minimum absolute atomic E-state index is 0.0167. The van der Waals surface area contributed by atoms with E-state index in [-0.39, 0.29) is 28.8 Å². The topological polar surface area (TPSA) is 69.7 Å². The third-order valence-corrected chi connectivity index (χ3v) is 4.80. The molecule has 2 aromatic rings. The van der Waals surface area contributed by atoms with Crippen LogP contribution in [0.2, 0.25) is 0 Å². The molecule has 5 nitrogen and oxygen atoms in total. The maximum atomic E-state index is 12.7. The Hall–Kier alpha value is -2.34. The number of hydrogen-bond donors (Lipinski definition) is 0. The average molecular weight is 362 g/mol. The Kier molecular flexibility index (Phi) is 6.20. The molecular weight excluding hydrogens is 340 g/mol. The van der Waals surface area contributed by atoms with Gasteiger partial charge in [-0.25, -0.2) is 0 Å². The normalized spacial score (nSPS) is 11.4. The highest BCUT2D eigenvalue weighted by molar-refractivity contribution is 7.87. The summed E-state index contributed by atoms with van der Waals surface area (Å²) in [5, 5.41) is 0. The van der Waals surface area contributed by atoms with Gasteiger partial charge in [0.05, 0.1) is 18.4 Å². The molecule has 0 saturated carbocycles. The standard InChI is InChI=1S/C19H22O5S/c1-14(2)11-12-25(21,22)24-18-13-16(23-3)9-10-17(18)19(20)15-7-5-4-6-8-15/h4-10,13-14H,11-12H2,1-3H3. The second kappa shape index (κ2) is 8.16. The Labute approximate surface area is 148 Å². The lowest BCUT2D eigenvalue weighted by atomic mass is 10.0. The van der Waals surface area contributed by atoms with Crippen molar-refractivity contribution in [3.05, 3.63) is 59.7 Å². The van der Waals surface area contributed by atoms with Crippen molar-refractivity contribution in [3.8, 4) is 11.5 Å². The van der Waals surface area contributed by atoms with Crippen LogP contribution in [0.15, 0.2) is 48.5 Å². The Balaban J connectivity index is 2.37. The zero-order valence-corrected chi connectivity index (χ0v) is 15.4. The van der Waals surface area contributed by atoms with Crippen molar-refractivity contribution in [3.63, 3.8) is 0 Å². The quantitative estimate of drug-likeness (QED) is 0.529. The van der Waals surface area contributed by atoms with Gasteiger partial charge < -0.3 is 8.92 Å². The van der Waals surface area contributed by atoms with Crippen LogP contribution in [0.1, 0.15) is 36.2 Å². The number of carbonyl (C=O) groups excluding carboxylic acids is 1. The Morgan fingerprint density at radius 3 is 2.36 bits per heavy atom. The SMILES string of the molecule is COc1ccc(C(=O)c2ccccc2)c(OS(=O)(=O)CCC(C)C)c1. The van der Waals surface area contributed by atoms with E-state index in [9.17, 15) is 13.2 Å². The first kappa shape index (κ1) is 19.0. The molecule has 0 unspecified atom stereocenters. The number of methoxy groups -OCH3 is 1. The highest BCUT2D eigenvalue weighted by atomic mass is 32.2. The molecule has 0 bridgehead atoms. The van der Waals surface area contributed by atoms with E-state index in [1.165, 1.54) is 19.2 Å². The van der Waals surface area contributed by atoms with E-state index >= 15 is 0 Å². The number of ether oxygens (including phenoxy) is 1. The molecule has 0 aromatic heterocycles. The maximum Gasteiger partial charge on any atom is 0.309 e. The second-order valence-electron chi connectivity index (χ2n) is 6.08. The third kappa shape index (κ3) is 5.32. The zero-order valence-electron chi connectivity index (χ0n) is 14.6. The predicted octanol–water partition coefficient (Wildman–Crippen LogP) is 3.68. The van der Waals surface area contributed by atoms with Crippen molar-refractivity contribution in [2.45, 2.75) is 20.3 Å². The van der Waals surface area contributed by atoms with Gasteiger partial charge in [0.25, 0.3) is 0 Å². The molecule has 0 fully saturated rings. The van der Waals surface area contributed by atoms with E-state index < -0.39 is 10.1 Å². The maximum absolute atomic E-state index is 12.7. The summed E-state index contributed by atoms with van der Waals surface area (Å²) in [7, 11) is -2.34. The number of carbonyl (C=O) groups is 1. The molecular formula is C19H22O5S. The van der Waals surface area contributed by atoms with Crippen LogP contribution in [0.5, 0.6) is 11.5 Å². The van der Waals surface area contributed by atoms with Crippen molar-refractivity contribution in [1.29, 1.82) is 0 Å². The number of ketones is 1. The van der Waals surface area contributed by atoms with Crippen molar-refractivity contribution in [2.24, 2.45) is 5.92 Å². The zero-order chi connectivity index (χ0) is 18.4. The average Bonchev–Trinajstić information content (AvgIpc) is 2.60. The highest BCUT2D eigenvalue weighted by Gasteiger charge is 2.21. The lowest BCUT2D eigenvalue weighted by molar-refractivity contribution is 0.103. The third-order valence-electron chi connectivity index (χ3n) is 3.63. The molecule has 134 valence electrons. The van der Waals surface area contributed by atoms with Crippen LogP contribution < -0.4 is 8.92 Å². The van der Waals surface area contributed by atoms with Crippen molar-refractivity contribution in [2.75, 3.05) is 12.9 Å². The van der Waals surface area contributed by atoms with Crippen LogP contribution in [0, 0.1) is 5.92 Å². The fourth-order valence-corrected chi connectivity index (χ4v) is 3.44. The molecule has 0 aliphatic rings. The fourth-order valence-electron chi connectivity index (χ4n) is 2.19. The Morgan fingerprint density at radius 1 is 1.08 bits per heavy atom. The van der Waals surface area contributed by atoms with Gasteiger partial charge in [0.1, 0.15) is 5.75 Å². The number of benzene rings is 2. The summed E-state index contributed by atoms with van der Waals surface area (Å²) in [4.78, 5) is 12.7. The summed E-state index contributed by atoms with van der Waals surface area (Å²) < 4.78 is 34.8. The molecule has 0 spiro atoms. The van der Waals surface area contributed by atoms with Crippen molar-refractivity contribution in [1.82, 2.24) is 0 Å². The largest absolute Gasteiger partial charge is 0.497 e. The molecule has 0 aliphatic heterocycles. The molecule has 6 heteroatoms. The molecule has 25 heavy (non-hydrogen) atoms. The molecule has 0 radical (unpaired) electrons. The second-order valence-corrected chi connectivity index (χ2v) is 7.78. The van der Waals surface area contributed by atoms with E-state index in [1.807, 2.05) is 13.8 Å². The van der Waals surface area contributed by atoms with E-state index in [1.54, 1.807) is 36.4 Å². The van der Waals surface area contributed by atoms with Gasteiger partial charge in [-0.05, 0) is 24.5 Å². The Bertz CT molecular complexity index is 826.